The molecule has 2 unspecified atom stereocenters. The third-order valence-electron chi connectivity index (χ3n) is 2.61. The average Bonchev–Trinajstić information content (AvgIpc) is 2.24. The number of hydrogen-bond acceptors (Lipinski definition) is 4. The molecule has 0 radical (unpaired) electrons. The summed E-state index contributed by atoms with van der Waals surface area (Å²) in [5, 5.41) is 16.2. The fourth-order valence-corrected chi connectivity index (χ4v) is 1.71. The molecule has 0 saturated carbocycles. The number of rotatable bonds is 6. The van der Waals surface area contributed by atoms with Crippen LogP contribution < -0.4 is 4.72 Å². The number of carbonyl (C=O) groups is 1. The Morgan fingerprint density at radius 2 is 2.12 bits per heavy atom. The van der Waals surface area contributed by atoms with E-state index in [2.05, 4.69) is 4.72 Å². The molecule has 0 bridgehead atoms. The highest BCUT2D eigenvalue weighted by molar-refractivity contribution is 7.90. The van der Waals surface area contributed by atoms with Crippen LogP contribution in [0.4, 0.5) is 0 Å². The van der Waals surface area contributed by atoms with Gasteiger partial charge in [-0.25, -0.2) is 13.1 Å². The summed E-state index contributed by atoms with van der Waals surface area (Å²) in [4.78, 5) is 10.9. The third-order valence-corrected chi connectivity index (χ3v) is 4.19. The summed E-state index contributed by atoms with van der Waals surface area (Å²) >= 11 is 0. The first-order chi connectivity index (χ1) is 7.19. The van der Waals surface area contributed by atoms with Gasteiger partial charge in [-0.15, -0.1) is 0 Å². The number of hydrogen-bond donors (Lipinski definition) is 2. The van der Waals surface area contributed by atoms with Gasteiger partial charge in [0.15, 0.2) is 5.25 Å². The molecule has 0 saturated heterocycles. The third kappa shape index (κ3) is 3.47. The van der Waals surface area contributed by atoms with Crippen LogP contribution in [0.5, 0.6) is 0 Å². The van der Waals surface area contributed by atoms with Gasteiger partial charge in [0.25, 0.3) is 0 Å². The van der Waals surface area contributed by atoms with Gasteiger partial charge in [-0.3, -0.25) is 4.79 Å². The Hall–Kier alpha value is -1.13. The van der Waals surface area contributed by atoms with E-state index in [1.807, 2.05) is 0 Å². The molecule has 0 aliphatic heterocycles. The van der Waals surface area contributed by atoms with Crippen molar-refractivity contribution in [3.63, 3.8) is 0 Å². The topological polar surface area (TPSA) is 107 Å². The maximum atomic E-state index is 11.4. The van der Waals surface area contributed by atoms with Crippen molar-refractivity contribution in [2.75, 3.05) is 6.54 Å². The molecule has 7 heteroatoms. The number of carboxylic acid groups (broad SMARTS) is 1. The van der Waals surface area contributed by atoms with E-state index in [1.54, 1.807) is 13.0 Å². The Morgan fingerprint density at radius 1 is 1.62 bits per heavy atom. The summed E-state index contributed by atoms with van der Waals surface area (Å²) in [6, 6.07) is 1.59. The first-order valence-electron chi connectivity index (χ1n) is 4.81. The van der Waals surface area contributed by atoms with Crippen LogP contribution in [-0.4, -0.2) is 31.3 Å². The zero-order valence-corrected chi connectivity index (χ0v) is 10.3. The lowest BCUT2D eigenvalue weighted by Crippen LogP contribution is -2.43. The lowest BCUT2D eigenvalue weighted by molar-refractivity contribution is -0.147. The van der Waals surface area contributed by atoms with Crippen molar-refractivity contribution in [1.82, 2.24) is 4.72 Å². The Morgan fingerprint density at radius 3 is 2.44 bits per heavy atom. The predicted molar refractivity (Wildman–Crippen MR) is 58.0 cm³/mol. The van der Waals surface area contributed by atoms with Gasteiger partial charge in [0, 0.05) is 6.54 Å². The minimum atomic E-state index is -3.76. The average molecular weight is 248 g/mol. The summed E-state index contributed by atoms with van der Waals surface area (Å²) in [7, 11) is -3.76. The molecule has 0 aliphatic carbocycles. The summed E-state index contributed by atoms with van der Waals surface area (Å²) in [6.45, 7) is 4.14. The molecule has 0 amide bonds. The summed E-state index contributed by atoms with van der Waals surface area (Å²) in [6.07, 6.45) is 0.297. The van der Waals surface area contributed by atoms with Crippen molar-refractivity contribution in [2.24, 2.45) is 5.41 Å². The van der Waals surface area contributed by atoms with Crippen LogP contribution in [0.25, 0.3) is 0 Å². The Labute approximate surface area is 95.3 Å². The standard InChI is InChI=1S/C9H16N2O4S/c1-4-9(3,8(12)13)6-11-16(14,15)7(2)5-10/h7,11H,4,6H2,1-3H3,(H,12,13). The van der Waals surface area contributed by atoms with Crippen molar-refractivity contribution in [3.05, 3.63) is 0 Å². The minimum Gasteiger partial charge on any atom is -0.481 e. The van der Waals surface area contributed by atoms with E-state index in [9.17, 15) is 13.2 Å². The zero-order chi connectivity index (χ0) is 13.0. The van der Waals surface area contributed by atoms with Gasteiger partial charge < -0.3 is 5.11 Å². The first kappa shape index (κ1) is 14.9. The molecule has 0 heterocycles. The highest BCUT2D eigenvalue weighted by atomic mass is 32.2. The van der Waals surface area contributed by atoms with Gasteiger partial charge in [0.1, 0.15) is 0 Å². The fourth-order valence-electron chi connectivity index (χ4n) is 0.806. The molecule has 92 valence electrons. The highest BCUT2D eigenvalue weighted by Crippen LogP contribution is 2.20. The van der Waals surface area contributed by atoms with Gasteiger partial charge in [-0.1, -0.05) is 6.92 Å². The minimum absolute atomic E-state index is 0.215. The Bertz CT molecular complexity index is 398. The summed E-state index contributed by atoms with van der Waals surface area (Å²) in [5.41, 5.74) is -1.15. The van der Waals surface area contributed by atoms with E-state index in [0.29, 0.717) is 6.42 Å². The molecule has 0 rings (SSSR count). The van der Waals surface area contributed by atoms with Crippen LogP contribution in [0.15, 0.2) is 0 Å². The van der Waals surface area contributed by atoms with E-state index in [0.717, 1.165) is 0 Å². The van der Waals surface area contributed by atoms with Gasteiger partial charge in [-0.2, -0.15) is 5.26 Å². The summed E-state index contributed by atoms with van der Waals surface area (Å²) < 4.78 is 25.0. The summed E-state index contributed by atoms with van der Waals surface area (Å²) in [5.74, 6) is -1.07. The van der Waals surface area contributed by atoms with E-state index in [1.165, 1.54) is 13.8 Å². The molecule has 0 aliphatic rings. The van der Waals surface area contributed by atoms with Gasteiger partial charge >= 0.3 is 5.97 Å². The van der Waals surface area contributed by atoms with Crippen LogP contribution >= 0.6 is 0 Å². The number of nitriles is 1. The second kappa shape index (κ2) is 5.27. The molecule has 0 fully saturated rings. The van der Waals surface area contributed by atoms with Crippen LogP contribution in [-0.2, 0) is 14.8 Å². The molecular weight excluding hydrogens is 232 g/mol. The monoisotopic (exact) mass is 248 g/mol. The van der Waals surface area contributed by atoms with Crippen molar-refractivity contribution in [2.45, 2.75) is 32.4 Å². The number of nitrogens with zero attached hydrogens (tertiary/aromatic N) is 1. The number of nitrogens with one attached hydrogen (secondary N) is 1. The SMILES string of the molecule is CCC(C)(CNS(=O)(=O)C(C)C#N)C(=O)O. The van der Waals surface area contributed by atoms with Crippen molar-refractivity contribution >= 4 is 16.0 Å². The lowest BCUT2D eigenvalue weighted by atomic mass is 9.88. The predicted octanol–water partition coefficient (Wildman–Crippen LogP) is 0.319. The van der Waals surface area contributed by atoms with E-state index < -0.39 is 26.7 Å². The molecule has 0 aromatic rings. The smallest absolute Gasteiger partial charge is 0.310 e. The molecule has 6 nitrogen and oxygen atoms in total. The van der Waals surface area contributed by atoms with Gasteiger partial charge in [-0.05, 0) is 20.3 Å². The first-order valence-corrected chi connectivity index (χ1v) is 6.35. The van der Waals surface area contributed by atoms with Crippen LogP contribution in [0.1, 0.15) is 27.2 Å². The lowest BCUT2D eigenvalue weighted by Gasteiger charge is -2.23. The van der Waals surface area contributed by atoms with Crippen LogP contribution in [0.3, 0.4) is 0 Å². The molecule has 2 atom stereocenters. The van der Waals surface area contributed by atoms with Crippen LogP contribution in [0, 0.1) is 16.7 Å². The number of carboxylic acids is 1. The van der Waals surface area contributed by atoms with Crippen molar-refractivity contribution in [1.29, 1.82) is 5.26 Å². The maximum absolute atomic E-state index is 11.4. The molecule has 0 spiro atoms. The Balaban J connectivity index is 4.70. The molecule has 16 heavy (non-hydrogen) atoms. The van der Waals surface area contributed by atoms with E-state index >= 15 is 0 Å². The molecule has 2 N–H and O–H groups in total. The molecule has 0 aromatic carbocycles. The van der Waals surface area contributed by atoms with E-state index in [4.69, 9.17) is 10.4 Å². The number of aliphatic carboxylic acids is 1. The van der Waals surface area contributed by atoms with Crippen molar-refractivity contribution in [3.8, 4) is 6.07 Å². The second-order valence-corrected chi connectivity index (χ2v) is 5.94. The normalized spacial score (nSPS) is 17.1. The van der Waals surface area contributed by atoms with Gasteiger partial charge in [0.2, 0.25) is 10.0 Å². The quantitative estimate of drug-likeness (QED) is 0.703. The largest absolute Gasteiger partial charge is 0.481 e. The molecular formula is C9H16N2O4S. The second-order valence-electron chi connectivity index (χ2n) is 3.86. The Kier molecular flexibility index (Phi) is 4.90. The number of sulfonamides is 1. The zero-order valence-electron chi connectivity index (χ0n) is 9.52. The fraction of sp³-hybridized carbons (Fsp3) is 0.778. The van der Waals surface area contributed by atoms with Gasteiger partial charge in [0.05, 0.1) is 11.5 Å². The molecule has 0 aromatic heterocycles. The maximum Gasteiger partial charge on any atom is 0.310 e. The van der Waals surface area contributed by atoms with E-state index in [-0.39, 0.29) is 6.54 Å². The van der Waals surface area contributed by atoms with Crippen LogP contribution in [0.2, 0.25) is 0 Å². The highest BCUT2D eigenvalue weighted by Gasteiger charge is 2.33. The van der Waals surface area contributed by atoms with Crippen molar-refractivity contribution < 1.29 is 18.3 Å².